The lowest BCUT2D eigenvalue weighted by atomic mass is 10.0. The van der Waals surface area contributed by atoms with Crippen molar-refractivity contribution in [1.82, 2.24) is 15.0 Å². The molecule has 0 radical (unpaired) electrons. The molecule has 4 aromatic rings. The van der Waals surface area contributed by atoms with E-state index in [1.807, 2.05) is 0 Å². The van der Waals surface area contributed by atoms with E-state index >= 15 is 8.78 Å². The summed E-state index contributed by atoms with van der Waals surface area (Å²) < 4.78 is 31.4. The number of thiophene rings is 2. The molecule has 0 aliphatic rings. The van der Waals surface area contributed by atoms with Gasteiger partial charge in [0.15, 0.2) is 17.9 Å². The first kappa shape index (κ1) is 21.3. The third-order valence-electron chi connectivity index (χ3n) is 4.78. The second-order valence-corrected chi connectivity index (χ2v) is 10.4. The van der Waals surface area contributed by atoms with Crippen molar-refractivity contribution in [3.05, 3.63) is 44.6 Å². The Morgan fingerprint density at radius 2 is 1.60 bits per heavy atom. The average molecular weight is 510 g/mol. The first-order chi connectivity index (χ1) is 14.5. The van der Waals surface area contributed by atoms with Crippen LogP contribution in [0.1, 0.15) is 42.3 Å². The number of hydrogen-bond acceptors (Lipinski definition) is 5. The SMILES string of the molecule is CCCCCCn1nc2c(-c3ccc(Br)s3)c(F)c(F)c(-c3ccc(C=O)s3)c2n1. The average Bonchev–Trinajstić information content (AvgIpc) is 3.46. The minimum absolute atomic E-state index is 0.0554. The molecule has 0 fully saturated rings. The predicted octanol–water partition coefficient (Wildman–Crippen LogP) is 7.32. The van der Waals surface area contributed by atoms with Gasteiger partial charge in [0, 0.05) is 9.75 Å². The van der Waals surface area contributed by atoms with Crippen LogP contribution < -0.4 is 0 Å². The Hall–Kier alpha value is -1.97. The second-order valence-electron chi connectivity index (χ2n) is 6.86. The fourth-order valence-electron chi connectivity index (χ4n) is 3.34. The Bertz CT molecular complexity index is 1210. The number of benzene rings is 1. The zero-order valence-corrected chi connectivity index (χ0v) is 19.3. The number of fused-ring (bicyclic) bond motifs is 1. The number of aldehydes is 1. The predicted molar refractivity (Wildman–Crippen MR) is 121 cm³/mol. The molecule has 4 nitrogen and oxygen atoms in total. The summed E-state index contributed by atoms with van der Waals surface area (Å²) in [7, 11) is 0. The first-order valence-corrected chi connectivity index (χ1v) is 12.0. The van der Waals surface area contributed by atoms with Crippen LogP contribution in [0.15, 0.2) is 28.1 Å². The fraction of sp³-hybridized carbons (Fsp3) is 0.286. The Labute approximate surface area is 188 Å². The van der Waals surface area contributed by atoms with Gasteiger partial charge in [-0.2, -0.15) is 15.0 Å². The van der Waals surface area contributed by atoms with Crippen LogP contribution in [0.25, 0.3) is 31.9 Å². The van der Waals surface area contributed by atoms with Gasteiger partial charge in [0.05, 0.1) is 26.3 Å². The van der Waals surface area contributed by atoms with Crippen molar-refractivity contribution in [2.75, 3.05) is 0 Å². The van der Waals surface area contributed by atoms with Crippen LogP contribution >= 0.6 is 38.6 Å². The van der Waals surface area contributed by atoms with Crippen LogP contribution in [0.2, 0.25) is 0 Å². The molecular formula is C21H18BrF2N3OS2. The van der Waals surface area contributed by atoms with E-state index < -0.39 is 11.6 Å². The van der Waals surface area contributed by atoms with Crippen LogP contribution in [0, 0.1) is 11.6 Å². The molecule has 1 aromatic carbocycles. The van der Waals surface area contributed by atoms with E-state index in [0.717, 1.165) is 40.8 Å². The van der Waals surface area contributed by atoms with Crippen molar-refractivity contribution >= 4 is 55.9 Å². The molecule has 0 saturated carbocycles. The summed E-state index contributed by atoms with van der Waals surface area (Å²) >= 11 is 5.80. The van der Waals surface area contributed by atoms with Gasteiger partial charge in [-0.05, 0) is 46.6 Å². The monoisotopic (exact) mass is 509 g/mol. The van der Waals surface area contributed by atoms with E-state index in [0.29, 0.717) is 38.5 Å². The lowest BCUT2D eigenvalue weighted by Gasteiger charge is -2.07. The van der Waals surface area contributed by atoms with E-state index in [4.69, 9.17) is 0 Å². The lowest BCUT2D eigenvalue weighted by Crippen LogP contribution is -2.02. The second kappa shape index (κ2) is 9.03. The first-order valence-electron chi connectivity index (χ1n) is 9.60. The number of nitrogens with zero attached hydrogens (tertiary/aromatic N) is 3. The molecular weight excluding hydrogens is 492 g/mol. The van der Waals surface area contributed by atoms with E-state index in [1.54, 1.807) is 24.3 Å². The number of aromatic nitrogens is 3. The van der Waals surface area contributed by atoms with Crippen molar-refractivity contribution < 1.29 is 13.6 Å². The largest absolute Gasteiger partial charge is 0.297 e. The van der Waals surface area contributed by atoms with Crippen molar-refractivity contribution in [3.63, 3.8) is 0 Å². The third kappa shape index (κ3) is 3.98. The molecule has 0 atom stereocenters. The van der Waals surface area contributed by atoms with Crippen LogP contribution in [0.4, 0.5) is 8.78 Å². The van der Waals surface area contributed by atoms with Gasteiger partial charge in [0.25, 0.3) is 0 Å². The number of rotatable bonds is 8. The molecule has 0 bridgehead atoms. The van der Waals surface area contributed by atoms with Gasteiger partial charge in [0.1, 0.15) is 11.0 Å². The topological polar surface area (TPSA) is 47.8 Å². The van der Waals surface area contributed by atoms with Crippen LogP contribution in [0.5, 0.6) is 0 Å². The van der Waals surface area contributed by atoms with E-state index in [-0.39, 0.29) is 11.1 Å². The van der Waals surface area contributed by atoms with Gasteiger partial charge in [-0.15, -0.1) is 22.7 Å². The van der Waals surface area contributed by atoms with E-state index in [1.165, 1.54) is 16.1 Å². The summed E-state index contributed by atoms with van der Waals surface area (Å²) in [6, 6.07) is 6.74. The lowest BCUT2D eigenvalue weighted by molar-refractivity contribution is 0.112. The standard InChI is InChI=1S/C21H18BrF2N3OS2/c1-2-3-4-5-10-27-25-20-16(13-7-6-12(11-28)29-13)18(23)19(24)17(21(20)26-27)14-8-9-15(22)30-14/h6-9,11H,2-5,10H2,1H3. The molecule has 0 spiro atoms. The number of carbonyl (C=O) groups excluding carboxylic acids is 1. The van der Waals surface area contributed by atoms with Crippen LogP contribution in [-0.4, -0.2) is 21.3 Å². The van der Waals surface area contributed by atoms with E-state index in [9.17, 15) is 4.79 Å². The van der Waals surface area contributed by atoms with Gasteiger partial charge < -0.3 is 0 Å². The smallest absolute Gasteiger partial charge is 0.170 e. The Morgan fingerprint density at radius 3 is 2.13 bits per heavy atom. The minimum Gasteiger partial charge on any atom is -0.297 e. The molecule has 0 unspecified atom stereocenters. The quantitative estimate of drug-likeness (QED) is 0.184. The minimum atomic E-state index is -0.973. The highest BCUT2D eigenvalue weighted by Gasteiger charge is 2.27. The molecule has 0 amide bonds. The molecule has 30 heavy (non-hydrogen) atoms. The Morgan fingerprint density at radius 1 is 0.967 bits per heavy atom. The molecule has 3 heterocycles. The highest BCUT2D eigenvalue weighted by atomic mass is 79.9. The summed E-state index contributed by atoms with van der Waals surface area (Å²) in [5, 5.41) is 9.06. The summed E-state index contributed by atoms with van der Waals surface area (Å²) in [5.74, 6) is -1.93. The van der Waals surface area contributed by atoms with Crippen LogP contribution in [0.3, 0.4) is 0 Å². The zero-order valence-electron chi connectivity index (χ0n) is 16.1. The van der Waals surface area contributed by atoms with Gasteiger partial charge in [-0.3, -0.25) is 4.79 Å². The van der Waals surface area contributed by atoms with Gasteiger partial charge in [0.2, 0.25) is 0 Å². The number of hydrogen-bond donors (Lipinski definition) is 0. The summed E-state index contributed by atoms with van der Waals surface area (Å²) in [4.78, 5) is 14.1. The third-order valence-corrected chi connectivity index (χ3v) is 7.45. The van der Waals surface area contributed by atoms with Crippen molar-refractivity contribution in [2.24, 2.45) is 0 Å². The molecule has 0 aliphatic carbocycles. The fourth-order valence-corrected chi connectivity index (χ4v) is 5.63. The van der Waals surface area contributed by atoms with Crippen molar-refractivity contribution in [2.45, 2.75) is 39.2 Å². The molecule has 0 N–H and O–H groups in total. The normalized spacial score (nSPS) is 11.5. The Kier molecular flexibility index (Phi) is 6.40. The molecule has 0 saturated heterocycles. The molecule has 3 aromatic heterocycles. The van der Waals surface area contributed by atoms with Crippen LogP contribution in [-0.2, 0) is 6.54 Å². The Balaban J connectivity index is 1.91. The highest BCUT2D eigenvalue weighted by Crippen LogP contribution is 2.43. The highest BCUT2D eigenvalue weighted by molar-refractivity contribution is 9.11. The summed E-state index contributed by atoms with van der Waals surface area (Å²) in [6.45, 7) is 2.72. The summed E-state index contributed by atoms with van der Waals surface area (Å²) in [6.07, 6.45) is 4.87. The van der Waals surface area contributed by atoms with Crippen molar-refractivity contribution in [1.29, 1.82) is 0 Å². The molecule has 0 aliphatic heterocycles. The van der Waals surface area contributed by atoms with Gasteiger partial charge in [-0.1, -0.05) is 26.2 Å². The maximum absolute atomic E-state index is 15.3. The molecule has 4 rings (SSSR count). The number of unbranched alkanes of at least 4 members (excludes halogenated alkanes) is 3. The molecule has 9 heteroatoms. The maximum Gasteiger partial charge on any atom is 0.170 e. The number of carbonyl (C=O) groups is 1. The summed E-state index contributed by atoms with van der Waals surface area (Å²) in [5.41, 5.74) is 0.812. The van der Waals surface area contributed by atoms with Crippen molar-refractivity contribution in [3.8, 4) is 20.9 Å². The number of halogens is 3. The van der Waals surface area contributed by atoms with Gasteiger partial charge in [-0.25, -0.2) is 8.78 Å². The van der Waals surface area contributed by atoms with E-state index in [2.05, 4.69) is 33.1 Å². The molecule has 156 valence electrons. The van der Waals surface area contributed by atoms with Gasteiger partial charge >= 0.3 is 0 Å². The number of aryl methyl sites for hydroxylation is 1. The zero-order chi connectivity index (χ0) is 21.3. The maximum atomic E-state index is 15.3.